The molecular weight excluding hydrogens is 186 g/mol. The first-order valence-corrected chi connectivity index (χ1v) is 5.25. The first-order valence-electron chi connectivity index (χ1n) is 5.25. The molecule has 0 heterocycles. The highest BCUT2D eigenvalue weighted by Crippen LogP contribution is 2.04. The van der Waals surface area contributed by atoms with E-state index in [0.717, 1.165) is 19.5 Å². The van der Waals surface area contributed by atoms with Crippen molar-refractivity contribution in [3.8, 4) is 0 Å². The van der Waals surface area contributed by atoms with Crippen LogP contribution in [0, 0.1) is 5.92 Å². The number of hydrogen-bond acceptors (Lipinski definition) is 2. The van der Waals surface area contributed by atoms with E-state index in [1.165, 1.54) is 0 Å². The summed E-state index contributed by atoms with van der Waals surface area (Å²) in [7, 11) is 1.91. The Morgan fingerprint density at radius 2 is 2.00 bits per heavy atom. The highest BCUT2D eigenvalue weighted by atomic mass is 19.3. The summed E-state index contributed by atoms with van der Waals surface area (Å²) in [6, 6.07) is 0. The molecule has 1 atom stereocenters. The van der Waals surface area contributed by atoms with E-state index < -0.39 is 6.43 Å². The standard InChI is InChI=1S/C10H22F2N2/c1-4-14(8-10(11)12)6-5-9(2)7-13-3/h9-10,13H,4-8H2,1-3H3. The van der Waals surface area contributed by atoms with Crippen LogP contribution in [0.2, 0.25) is 0 Å². The minimum atomic E-state index is -2.21. The average Bonchev–Trinajstić information content (AvgIpc) is 2.12. The summed E-state index contributed by atoms with van der Waals surface area (Å²) in [6.07, 6.45) is -1.24. The molecule has 0 aromatic rings. The predicted octanol–water partition coefficient (Wildman–Crippen LogP) is 1.82. The van der Waals surface area contributed by atoms with Gasteiger partial charge >= 0.3 is 0 Å². The van der Waals surface area contributed by atoms with E-state index in [-0.39, 0.29) is 6.54 Å². The van der Waals surface area contributed by atoms with Crippen LogP contribution in [0.1, 0.15) is 20.3 Å². The summed E-state index contributed by atoms with van der Waals surface area (Å²) in [5.41, 5.74) is 0. The Morgan fingerprint density at radius 3 is 2.43 bits per heavy atom. The first-order chi connectivity index (χ1) is 6.60. The van der Waals surface area contributed by atoms with Crippen LogP contribution >= 0.6 is 0 Å². The van der Waals surface area contributed by atoms with E-state index in [9.17, 15) is 8.78 Å². The summed E-state index contributed by atoms with van der Waals surface area (Å²) in [6.45, 7) is 6.38. The first kappa shape index (κ1) is 13.8. The van der Waals surface area contributed by atoms with E-state index in [1.807, 2.05) is 14.0 Å². The van der Waals surface area contributed by atoms with Crippen molar-refractivity contribution in [3.05, 3.63) is 0 Å². The van der Waals surface area contributed by atoms with Gasteiger partial charge in [-0.15, -0.1) is 0 Å². The van der Waals surface area contributed by atoms with Crippen LogP contribution in [0.15, 0.2) is 0 Å². The Kier molecular flexibility index (Phi) is 7.99. The zero-order valence-electron chi connectivity index (χ0n) is 9.39. The van der Waals surface area contributed by atoms with Crippen LogP contribution in [-0.4, -0.2) is 44.6 Å². The van der Waals surface area contributed by atoms with Gasteiger partial charge in [-0.3, -0.25) is 4.90 Å². The summed E-state index contributed by atoms with van der Waals surface area (Å²) in [5, 5.41) is 3.08. The van der Waals surface area contributed by atoms with Crippen LogP contribution in [0.5, 0.6) is 0 Å². The minimum Gasteiger partial charge on any atom is -0.319 e. The van der Waals surface area contributed by atoms with Crippen molar-refractivity contribution < 1.29 is 8.78 Å². The van der Waals surface area contributed by atoms with Crippen LogP contribution in [0.25, 0.3) is 0 Å². The Bertz CT molecular complexity index is 131. The molecule has 0 saturated heterocycles. The molecule has 2 nitrogen and oxygen atoms in total. The number of nitrogens with one attached hydrogen (secondary N) is 1. The number of rotatable bonds is 8. The molecule has 4 heteroatoms. The maximum Gasteiger partial charge on any atom is 0.251 e. The van der Waals surface area contributed by atoms with Crippen molar-refractivity contribution in [2.24, 2.45) is 5.92 Å². The molecule has 0 spiro atoms. The van der Waals surface area contributed by atoms with Gasteiger partial charge in [0.1, 0.15) is 0 Å². The van der Waals surface area contributed by atoms with E-state index in [4.69, 9.17) is 0 Å². The zero-order chi connectivity index (χ0) is 11.0. The minimum absolute atomic E-state index is 0.0945. The zero-order valence-corrected chi connectivity index (χ0v) is 9.39. The fraction of sp³-hybridized carbons (Fsp3) is 1.00. The molecule has 86 valence electrons. The second-order valence-electron chi connectivity index (χ2n) is 3.74. The topological polar surface area (TPSA) is 15.3 Å². The second-order valence-corrected chi connectivity index (χ2v) is 3.74. The fourth-order valence-electron chi connectivity index (χ4n) is 1.43. The molecule has 0 aliphatic heterocycles. The van der Waals surface area contributed by atoms with Gasteiger partial charge in [-0.05, 0) is 39.0 Å². The molecule has 0 aliphatic carbocycles. The normalized spacial score (nSPS) is 13.9. The van der Waals surface area contributed by atoms with Crippen LogP contribution < -0.4 is 5.32 Å². The molecule has 0 aliphatic rings. The Balaban J connectivity index is 3.60. The fourth-order valence-corrected chi connectivity index (χ4v) is 1.43. The largest absolute Gasteiger partial charge is 0.319 e. The lowest BCUT2D eigenvalue weighted by Crippen LogP contribution is -2.31. The van der Waals surface area contributed by atoms with Gasteiger partial charge < -0.3 is 5.32 Å². The molecule has 1 unspecified atom stereocenters. The highest BCUT2D eigenvalue weighted by Gasteiger charge is 2.11. The molecule has 0 amide bonds. The van der Waals surface area contributed by atoms with Gasteiger partial charge in [-0.2, -0.15) is 0 Å². The number of alkyl halides is 2. The van der Waals surface area contributed by atoms with Gasteiger partial charge in [0.25, 0.3) is 6.43 Å². The van der Waals surface area contributed by atoms with Gasteiger partial charge in [0, 0.05) is 0 Å². The summed E-state index contributed by atoms with van der Waals surface area (Å²) in [5.74, 6) is 0.548. The maximum atomic E-state index is 12.1. The van der Waals surface area contributed by atoms with Crippen molar-refractivity contribution in [2.45, 2.75) is 26.7 Å². The molecule has 1 N–H and O–H groups in total. The lowest BCUT2D eigenvalue weighted by atomic mass is 10.1. The van der Waals surface area contributed by atoms with Gasteiger partial charge in [0.2, 0.25) is 0 Å². The summed E-state index contributed by atoms with van der Waals surface area (Å²) in [4.78, 5) is 1.80. The van der Waals surface area contributed by atoms with Crippen molar-refractivity contribution in [1.82, 2.24) is 10.2 Å². The van der Waals surface area contributed by atoms with Gasteiger partial charge in [0.05, 0.1) is 6.54 Å². The van der Waals surface area contributed by atoms with Crippen molar-refractivity contribution >= 4 is 0 Å². The van der Waals surface area contributed by atoms with Gasteiger partial charge in [-0.1, -0.05) is 13.8 Å². The third kappa shape index (κ3) is 7.21. The second kappa shape index (κ2) is 8.12. The Hall–Kier alpha value is -0.220. The predicted molar refractivity (Wildman–Crippen MR) is 55.8 cm³/mol. The molecule has 0 rings (SSSR count). The maximum absolute atomic E-state index is 12.1. The molecule has 0 fully saturated rings. The summed E-state index contributed by atoms with van der Waals surface area (Å²) >= 11 is 0. The van der Waals surface area contributed by atoms with E-state index >= 15 is 0 Å². The number of hydrogen-bond donors (Lipinski definition) is 1. The molecular formula is C10H22F2N2. The Labute approximate surface area is 85.7 Å². The van der Waals surface area contributed by atoms with E-state index in [2.05, 4.69) is 12.2 Å². The molecule has 0 radical (unpaired) electrons. The molecule has 0 saturated carbocycles. The van der Waals surface area contributed by atoms with Gasteiger partial charge in [0.15, 0.2) is 0 Å². The van der Waals surface area contributed by atoms with Crippen LogP contribution in [0.3, 0.4) is 0 Å². The van der Waals surface area contributed by atoms with Crippen molar-refractivity contribution in [3.63, 3.8) is 0 Å². The molecule has 0 bridgehead atoms. The monoisotopic (exact) mass is 208 g/mol. The lowest BCUT2D eigenvalue weighted by Gasteiger charge is -2.21. The van der Waals surface area contributed by atoms with Crippen molar-refractivity contribution in [1.29, 1.82) is 0 Å². The highest BCUT2D eigenvalue weighted by molar-refractivity contribution is 4.61. The summed E-state index contributed by atoms with van der Waals surface area (Å²) < 4.78 is 24.2. The third-order valence-corrected chi connectivity index (χ3v) is 2.33. The number of halogens is 2. The SMILES string of the molecule is CCN(CCC(C)CNC)CC(F)F. The van der Waals surface area contributed by atoms with E-state index in [1.54, 1.807) is 4.90 Å². The smallest absolute Gasteiger partial charge is 0.251 e. The third-order valence-electron chi connectivity index (χ3n) is 2.33. The van der Waals surface area contributed by atoms with Crippen molar-refractivity contribution in [2.75, 3.05) is 33.2 Å². The van der Waals surface area contributed by atoms with Crippen LogP contribution in [-0.2, 0) is 0 Å². The average molecular weight is 208 g/mol. The Morgan fingerprint density at radius 1 is 1.36 bits per heavy atom. The van der Waals surface area contributed by atoms with E-state index in [0.29, 0.717) is 12.5 Å². The lowest BCUT2D eigenvalue weighted by molar-refractivity contribution is 0.0881. The molecule has 14 heavy (non-hydrogen) atoms. The van der Waals surface area contributed by atoms with Gasteiger partial charge in [-0.25, -0.2) is 8.78 Å². The molecule has 0 aromatic carbocycles. The number of nitrogens with zero attached hydrogens (tertiary/aromatic N) is 1. The molecule has 0 aromatic heterocycles. The quantitative estimate of drug-likeness (QED) is 0.654. The van der Waals surface area contributed by atoms with Crippen LogP contribution in [0.4, 0.5) is 8.78 Å².